The van der Waals surface area contributed by atoms with Crippen LogP contribution in [0.5, 0.6) is 0 Å². The van der Waals surface area contributed by atoms with Gasteiger partial charge in [-0.25, -0.2) is 0 Å². The molecule has 0 aromatic rings. The zero-order valence-corrected chi connectivity index (χ0v) is 18.6. The molecule has 4 atom stereocenters. The summed E-state index contributed by atoms with van der Waals surface area (Å²) >= 11 is 19.3. The van der Waals surface area contributed by atoms with Gasteiger partial charge in [0, 0.05) is 14.2 Å². The average molecular weight is 594 g/mol. The molecule has 21 heavy (non-hydrogen) atoms. The normalized spacial score (nSPS) is 38.5. The standard InChI is InChI=1S/2C4H9O3PS2.Pt/c2*1-5-2-4-3-6-8(9,10)7-4;/h2*4H,2-3H2,1H3,(H,9,10);/q;;+2/p-2. The second-order valence-corrected chi connectivity index (χ2v) is 13.7. The Morgan fingerprint density at radius 2 is 1.29 bits per heavy atom. The third-order valence-electron chi connectivity index (χ3n) is 2.10. The summed E-state index contributed by atoms with van der Waals surface area (Å²) in [5, 5.41) is 0. The first-order valence-electron chi connectivity index (χ1n) is 5.54. The van der Waals surface area contributed by atoms with Gasteiger partial charge in [-0.3, -0.25) is 0 Å². The zero-order valence-electron chi connectivity index (χ0n) is 11.3. The van der Waals surface area contributed by atoms with Crippen molar-refractivity contribution < 1.29 is 48.6 Å². The fourth-order valence-corrected chi connectivity index (χ4v) is 5.35. The van der Waals surface area contributed by atoms with Gasteiger partial charge in [0.05, 0.1) is 37.8 Å². The summed E-state index contributed by atoms with van der Waals surface area (Å²) in [7, 11) is 3.21. The van der Waals surface area contributed by atoms with Gasteiger partial charge in [0.15, 0.2) is 0 Å². The maximum absolute atomic E-state index is 5.18. The first kappa shape index (κ1) is 23.4. The van der Waals surface area contributed by atoms with Crippen molar-refractivity contribution in [3.05, 3.63) is 0 Å². The van der Waals surface area contributed by atoms with Crippen LogP contribution in [0.3, 0.4) is 0 Å². The van der Waals surface area contributed by atoms with Gasteiger partial charge >= 0.3 is 21.1 Å². The Balaban J connectivity index is 0.000000364. The Hall–Kier alpha value is 2.45. The van der Waals surface area contributed by atoms with E-state index in [9.17, 15) is 0 Å². The van der Waals surface area contributed by atoms with Gasteiger partial charge in [0.1, 0.15) is 12.2 Å². The van der Waals surface area contributed by atoms with Crippen molar-refractivity contribution in [3.8, 4) is 0 Å². The van der Waals surface area contributed by atoms with E-state index in [2.05, 4.69) is 0 Å². The Morgan fingerprint density at radius 1 is 0.952 bits per heavy atom. The molecule has 13 heteroatoms. The quantitative estimate of drug-likeness (QED) is 0.356. The Labute approximate surface area is 160 Å². The maximum Gasteiger partial charge on any atom is 2.00 e. The minimum atomic E-state index is -2.29. The number of ether oxygens (including phenoxy) is 2. The van der Waals surface area contributed by atoms with Crippen LogP contribution < -0.4 is 0 Å². The molecule has 0 radical (unpaired) electrons. The van der Waals surface area contributed by atoms with E-state index in [1.807, 2.05) is 0 Å². The SMILES string of the molecule is COCC1COP(=S)([S-])O1.COCC1COP(=S)([S-])O1.[Pt+2]. The van der Waals surface area contributed by atoms with E-state index in [1.54, 1.807) is 14.2 Å². The van der Waals surface area contributed by atoms with E-state index in [1.165, 1.54) is 0 Å². The molecule has 2 rings (SSSR count). The number of methoxy groups -OCH3 is 2. The molecule has 0 saturated carbocycles. The molecule has 2 aliphatic heterocycles. The van der Waals surface area contributed by atoms with Gasteiger partial charge in [0.25, 0.3) is 0 Å². The van der Waals surface area contributed by atoms with Crippen LogP contribution in [0.25, 0.3) is 0 Å². The van der Waals surface area contributed by atoms with E-state index < -0.39 is 11.4 Å². The summed E-state index contributed by atoms with van der Waals surface area (Å²) in [4.78, 5) is 0. The van der Waals surface area contributed by atoms with Crippen molar-refractivity contribution in [2.24, 2.45) is 0 Å². The topological polar surface area (TPSA) is 55.4 Å². The van der Waals surface area contributed by atoms with Crippen LogP contribution in [0, 0.1) is 0 Å². The van der Waals surface area contributed by atoms with Gasteiger partial charge in [-0.2, -0.15) is 0 Å². The van der Waals surface area contributed by atoms with Crippen molar-refractivity contribution >= 4 is 59.5 Å². The van der Waals surface area contributed by atoms with Crippen LogP contribution in [-0.2, 0) is 96.7 Å². The van der Waals surface area contributed by atoms with E-state index in [4.69, 9.17) is 75.7 Å². The molecular formula is C8H16O6P2PtS4. The van der Waals surface area contributed by atoms with Crippen LogP contribution in [0.1, 0.15) is 0 Å². The Bertz CT molecular complexity index is 367. The summed E-state index contributed by atoms with van der Waals surface area (Å²) in [5.74, 6) is 0. The van der Waals surface area contributed by atoms with Crippen LogP contribution >= 0.6 is 11.4 Å². The molecule has 0 aliphatic carbocycles. The Kier molecular flexibility index (Phi) is 12.4. The molecule has 0 aromatic carbocycles. The second kappa shape index (κ2) is 11.1. The minimum Gasteiger partial charge on any atom is -0.691 e. The van der Waals surface area contributed by atoms with Crippen molar-refractivity contribution in [3.63, 3.8) is 0 Å². The molecule has 2 heterocycles. The first-order chi connectivity index (χ1) is 9.28. The minimum absolute atomic E-state index is 0. The number of hydrogen-bond acceptors (Lipinski definition) is 10. The fraction of sp³-hybridized carbons (Fsp3) is 1.00. The van der Waals surface area contributed by atoms with E-state index >= 15 is 0 Å². The van der Waals surface area contributed by atoms with Gasteiger partial charge < -0.3 is 52.1 Å². The molecule has 2 fully saturated rings. The molecule has 4 unspecified atom stereocenters. The van der Waals surface area contributed by atoms with Crippen molar-refractivity contribution in [1.29, 1.82) is 0 Å². The third-order valence-corrected chi connectivity index (χ3v) is 6.44. The van der Waals surface area contributed by atoms with E-state index in [-0.39, 0.29) is 33.3 Å². The van der Waals surface area contributed by atoms with Crippen molar-refractivity contribution in [1.82, 2.24) is 0 Å². The zero-order chi connectivity index (χ0) is 15.2. The summed E-state index contributed by atoms with van der Waals surface area (Å²) < 4.78 is 30.1. The number of rotatable bonds is 4. The maximum atomic E-state index is 5.18. The molecular weight excluding hydrogens is 577 g/mol. The van der Waals surface area contributed by atoms with E-state index in [0.29, 0.717) is 26.4 Å². The Morgan fingerprint density at radius 3 is 1.48 bits per heavy atom. The smallest absolute Gasteiger partial charge is 0.691 e. The molecule has 2 aliphatic rings. The predicted molar refractivity (Wildman–Crippen MR) is 88.7 cm³/mol. The summed E-state index contributed by atoms with van der Waals surface area (Å²) in [6, 6.07) is 0. The largest absolute Gasteiger partial charge is 2.00 e. The molecule has 0 amide bonds. The number of hydrogen-bond donors (Lipinski definition) is 0. The monoisotopic (exact) mass is 593 g/mol. The summed E-state index contributed by atoms with van der Waals surface area (Å²) in [6.07, 6.45) is -0.0957. The van der Waals surface area contributed by atoms with Crippen LogP contribution in [0.2, 0.25) is 0 Å². The van der Waals surface area contributed by atoms with Gasteiger partial charge in [-0.05, 0) is 0 Å². The van der Waals surface area contributed by atoms with Crippen molar-refractivity contribution in [2.45, 2.75) is 12.2 Å². The molecule has 2 saturated heterocycles. The molecule has 0 spiro atoms. The molecule has 6 nitrogen and oxygen atoms in total. The van der Waals surface area contributed by atoms with Crippen LogP contribution in [0.15, 0.2) is 0 Å². The van der Waals surface area contributed by atoms with Gasteiger partial charge in [0.2, 0.25) is 0 Å². The molecule has 0 aromatic heterocycles. The van der Waals surface area contributed by atoms with Crippen molar-refractivity contribution in [2.75, 3.05) is 40.6 Å². The molecule has 0 bridgehead atoms. The van der Waals surface area contributed by atoms with Crippen LogP contribution in [0.4, 0.5) is 0 Å². The summed E-state index contributed by atoms with van der Waals surface area (Å²) in [6.45, 7) is 1.98. The average Bonchev–Trinajstić information content (AvgIpc) is 2.84. The second-order valence-electron chi connectivity index (χ2n) is 3.85. The third kappa shape index (κ3) is 10.1. The fourth-order valence-electron chi connectivity index (χ4n) is 1.36. The molecule has 128 valence electrons. The van der Waals surface area contributed by atoms with Gasteiger partial charge in [-0.15, -0.1) is 0 Å². The van der Waals surface area contributed by atoms with E-state index in [0.717, 1.165) is 0 Å². The molecule has 0 N–H and O–H groups in total. The summed E-state index contributed by atoms with van der Waals surface area (Å²) in [5.41, 5.74) is -4.58. The van der Waals surface area contributed by atoms with Gasteiger partial charge in [-0.1, -0.05) is 23.6 Å². The predicted octanol–water partition coefficient (Wildman–Crippen LogP) is 1.64. The first-order valence-corrected chi connectivity index (χ1v) is 12.8. The van der Waals surface area contributed by atoms with Crippen LogP contribution in [-0.4, -0.2) is 52.9 Å².